The van der Waals surface area contributed by atoms with Gasteiger partial charge in [0.05, 0.1) is 0 Å². The van der Waals surface area contributed by atoms with Gasteiger partial charge in [0.1, 0.15) is 0 Å². The molecule has 0 saturated heterocycles. The van der Waals surface area contributed by atoms with E-state index in [-0.39, 0.29) is 0 Å². The van der Waals surface area contributed by atoms with E-state index in [0.717, 1.165) is 19.3 Å². The second-order valence-electron chi connectivity index (χ2n) is 3.06. The van der Waals surface area contributed by atoms with Crippen LogP contribution in [0.15, 0.2) is 12.7 Å². The first-order valence-electron chi connectivity index (χ1n) is 4.56. The lowest BCUT2D eigenvalue weighted by atomic mass is 10.1. The third-order valence-corrected chi connectivity index (χ3v) is 1.84. The number of nitrogens with zero attached hydrogens (tertiary/aromatic N) is 1. The van der Waals surface area contributed by atoms with Crippen LogP contribution < -0.4 is 11.3 Å². The maximum absolute atomic E-state index is 5.48. The average Bonchev–Trinajstić information content (AvgIpc) is 2.02. The van der Waals surface area contributed by atoms with Gasteiger partial charge in [-0.1, -0.05) is 13.0 Å². The van der Waals surface area contributed by atoms with Gasteiger partial charge in [0.2, 0.25) is 0 Å². The molecule has 72 valence electrons. The van der Waals surface area contributed by atoms with E-state index in [1.54, 1.807) is 0 Å². The standard InChI is InChI=1S/C9H21N3/c1-4-6-7-8-9(5-2)11-12(3)10/h4,9,11H,1,5-8,10H2,2-3H3. The normalized spacial score (nSPS) is 13.3. The van der Waals surface area contributed by atoms with Crippen LogP contribution in [0.5, 0.6) is 0 Å². The zero-order valence-electron chi connectivity index (χ0n) is 8.21. The summed E-state index contributed by atoms with van der Waals surface area (Å²) >= 11 is 0. The van der Waals surface area contributed by atoms with Crippen molar-refractivity contribution in [2.75, 3.05) is 7.05 Å². The minimum absolute atomic E-state index is 0.500. The minimum Gasteiger partial charge on any atom is -0.255 e. The van der Waals surface area contributed by atoms with Gasteiger partial charge in [-0.3, -0.25) is 5.84 Å². The predicted molar refractivity (Wildman–Crippen MR) is 53.2 cm³/mol. The molecule has 0 aliphatic rings. The third-order valence-electron chi connectivity index (χ3n) is 1.84. The number of allylic oxidation sites excluding steroid dienone is 1. The van der Waals surface area contributed by atoms with Crippen molar-refractivity contribution in [3.63, 3.8) is 0 Å². The maximum atomic E-state index is 5.48. The molecule has 0 aliphatic carbocycles. The largest absolute Gasteiger partial charge is 0.255 e. The highest BCUT2D eigenvalue weighted by molar-refractivity contribution is 4.69. The third kappa shape index (κ3) is 6.34. The topological polar surface area (TPSA) is 41.3 Å². The van der Waals surface area contributed by atoms with E-state index in [1.165, 1.54) is 11.5 Å². The van der Waals surface area contributed by atoms with Crippen molar-refractivity contribution in [3.8, 4) is 0 Å². The second-order valence-corrected chi connectivity index (χ2v) is 3.06. The molecular weight excluding hydrogens is 150 g/mol. The van der Waals surface area contributed by atoms with E-state index in [2.05, 4.69) is 18.9 Å². The van der Waals surface area contributed by atoms with Crippen LogP contribution in [-0.4, -0.2) is 18.2 Å². The summed E-state index contributed by atoms with van der Waals surface area (Å²) in [7, 11) is 1.82. The smallest absolute Gasteiger partial charge is 0.0225 e. The number of hydrogen-bond donors (Lipinski definition) is 2. The van der Waals surface area contributed by atoms with Gasteiger partial charge in [-0.25, -0.2) is 5.43 Å². The molecule has 1 unspecified atom stereocenters. The Morgan fingerprint density at radius 2 is 2.33 bits per heavy atom. The predicted octanol–water partition coefficient (Wildman–Crippen LogP) is 1.43. The Morgan fingerprint density at radius 3 is 2.75 bits per heavy atom. The summed E-state index contributed by atoms with van der Waals surface area (Å²) in [6.45, 7) is 5.85. The highest BCUT2D eigenvalue weighted by atomic mass is 15.7. The zero-order chi connectivity index (χ0) is 9.40. The minimum atomic E-state index is 0.500. The van der Waals surface area contributed by atoms with Crippen molar-refractivity contribution >= 4 is 0 Å². The molecule has 0 aromatic rings. The van der Waals surface area contributed by atoms with Gasteiger partial charge in [0.25, 0.3) is 0 Å². The van der Waals surface area contributed by atoms with E-state index in [9.17, 15) is 0 Å². The average molecular weight is 171 g/mol. The molecule has 0 spiro atoms. The van der Waals surface area contributed by atoms with Crippen LogP contribution in [0.2, 0.25) is 0 Å². The molecule has 3 heteroatoms. The van der Waals surface area contributed by atoms with Gasteiger partial charge in [0, 0.05) is 13.1 Å². The van der Waals surface area contributed by atoms with Crippen LogP contribution in [-0.2, 0) is 0 Å². The molecular formula is C9H21N3. The highest BCUT2D eigenvalue weighted by Crippen LogP contribution is 2.04. The van der Waals surface area contributed by atoms with Crippen molar-refractivity contribution in [1.82, 2.24) is 10.5 Å². The van der Waals surface area contributed by atoms with Gasteiger partial charge in [-0.15, -0.1) is 6.58 Å². The summed E-state index contributed by atoms with van der Waals surface area (Å²) in [5.74, 6) is 5.48. The molecule has 0 rings (SSSR count). The number of hydrazine groups is 2. The van der Waals surface area contributed by atoms with Crippen molar-refractivity contribution in [1.29, 1.82) is 0 Å². The summed E-state index contributed by atoms with van der Waals surface area (Å²) < 4.78 is 0. The summed E-state index contributed by atoms with van der Waals surface area (Å²) in [5.41, 5.74) is 3.17. The van der Waals surface area contributed by atoms with Crippen LogP contribution in [0.25, 0.3) is 0 Å². The number of nitrogens with one attached hydrogen (secondary N) is 1. The first-order valence-corrected chi connectivity index (χ1v) is 4.56. The summed E-state index contributed by atoms with van der Waals surface area (Å²) in [6.07, 6.45) is 6.50. The molecule has 0 aromatic heterocycles. The molecule has 0 aromatic carbocycles. The van der Waals surface area contributed by atoms with Crippen LogP contribution in [0.1, 0.15) is 32.6 Å². The molecule has 3 N–H and O–H groups in total. The SMILES string of the molecule is C=CCCCC(CC)NN(C)N. The lowest BCUT2D eigenvalue weighted by molar-refractivity contribution is 0.191. The lowest BCUT2D eigenvalue weighted by Gasteiger charge is -2.20. The van der Waals surface area contributed by atoms with Crippen LogP contribution in [0, 0.1) is 0 Å². The first-order chi connectivity index (χ1) is 5.70. The number of unbranched alkanes of at least 4 members (excludes halogenated alkanes) is 1. The quantitative estimate of drug-likeness (QED) is 0.263. The van der Waals surface area contributed by atoms with Crippen molar-refractivity contribution in [2.45, 2.75) is 38.6 Å². The number of hydrogen-bond acceptors (Lipinski definition) is 3. The van der Waals surface area contributed by atoms with Gasteiger partial charge in [-0.05, 0) is 25.7 Å². The molecule has 0 aliphatic heterocycles. The molecule has 0 saturated carbocycles. The Hall–Kier alpha value is -0.380. The number of nitrogens with two attached hydrogens (primary N) is 1. The van der Waals surface area contributed by atoms with Gasteiger partial charge in [0.15, 0.2) is 0 Å². The molecule has 0 amide bonds. The molecule has 1 atom stereocenters. The van der Waals surface area contributed by atoms with E-state index in [0.29, 0.717) is 6.04 Å². The molecule has 12 heavy (non-hydrogen) atoms. The molecule has 0 radical (unpaired) electrons. The fourth-order valence-corrected chi connectivity index (χ4v) is 1.16. The van der Waals surface area contributed by atoms with Gasteiger partial charge in [-0.2, -0.15) is 5.12 Å². The summed E-state index contributed by atoms with van der Waals surface area (Å²) in [6, 6.07) is 0.500. The van der Waals surface area contributed by atoms with Crippen molar-refractivity contribution in [2.24, 2.45) is 5.84 Å². The van der Waals surface area contributed by atoms with E-state index >= 15 is 0 Å². The fourth-order valence-electron chi connectivity index (χ4n) is 1.16. The Balaban J connectivity index is 3.45. The van der Waals surface area contributed by atoms with Gasteiger partial charge >= 0.3 is 0 Å². The molecule has 0 heterocycles. The second kappa shape index (κ2) is 7.28. The molecule has 0 bridgehead atoms. The van der Waals surface area contributed by atoms with Crippen LogP contribution >= 0.6 is 0 Å². The van der Waals surface area contributed by atoms with Crippen molar-refractivity contribution in [3.05, 3.63) is 12.7 Å². The van der Waals surface area contributed by atoms with Crippen LogP contribution in [0.3, 0.4) is 0 Å². The first kappa shape index (κ1) is 11.6. The van der Waals surface area contributed by atoms with E-state index < -0.39 is 0 Å². The highest BCUT2D eigenvalue weighted by Gasteiger charge is 2.04. The monoisotopic (exact) mass is 171 g/mol. The fraction of sp³-hybridized carbons (Fsp3) is 0.778. The van der Waals surface area contributed by atoms with E-state index in [1.807, 2.05) is 13.1 Å². The molecule has 0 fully saturated rings. The lowest BCUT2D eigenvalue weighted by Crippen LogP contribution is -2.46. The Labute approximate surface area is 75.6 Å². The van der Waals surface area contributed by atoms with E-state index in [4.69, 9.17) is 5.84 Å². The summed E-state index contributed by atoms with van der Waals surface area (Å²) in [4.78, 5) is 0. The maximum Gasteiger partial charge on any atom is 0.0225 e. The van der Waals surface area contributed by atoms with Crippen LogP contribution in [0.4, 0.5) is 0 Å². The molecule has 3 nitrogen and oxygen atoms in total. The Bertz CT molecular complexity index is 112. The number of rotatable bonds is 7. The van der Waals surface area contributed by atoms with Gasteiger partial charge < -0.3 is 0 Å². The Morgan fingerprint density at radius 1 is 1.67 bits per heavy atom. The zero-order valence-corrected chi connectivity index (χ0v) is 8.21. The summed E-state index contributed by atoms with van der Waals surface area (Å²) in [5, 5.41) is 1.53. The Kier molecular flexibility index (Phi) is 7.05. The van der Waals surface area contributed by atoms with Crippen molar-refractivity contribution < 1.29 is 0 Å².